The molecule has 0 aromatic rings. The molecule has 0 aromatic carbocycles. The van der Waals surface area contributed by atoms with Gasteiger partial charge in [0.05, 0.1) is 0 Å². The lowest BCUT2D eigenvalue weighted by molar-refractivity contribution is 0.482. The van der Waals surface area contributed by atoms with Crippen LogP contribution in [0.3, 0.4) is 0 Å². The standard InChI is InChI=1S/C10H19N/c1-4-5-6-10(11)8-7-9(2)3/h1,9-10H,5-8,11H2,2-3H3. The fraction of sp³-hybridized carbons (Fsp3) is 0.800. The lowest BCUT2D eigenvalue weighted by Gasteiger charge is -2.10. The van der Waals surface area contributed by atoms with Gasteiger partial charge >= 0.3 is 0 Å². The van der Waals surface area contributed by atoms with Gasteiger partial charge in [0.15, 0.2) is 0 Å². The van der Waals surface area contributed by atoms with Crippen LogP contribution < -0.4 is 5.73 Å². The Labute approximate surface area is 70.4 Å². The summed E-state index contributed by atoms with van der Waals surface area (Å²) < 4.78 is 0. The van der Waals surface area contributed by atoms with Crippen molar-refractivity contribution in [1.82, 2.24) is 0 Å². The zero-order valence-electron chi connectivity index (χ0n) is 7.64. The van der Waals surface area contributed by atoms with E-state index in [9.17, 15) is 0 Å². The Bertz CT molecular complexity index is 121. The van der Waals surface area contributed by atoms with Crippen molar-refractivity contribution < 1.29 is 0 Å². The second kappa shape index (κ2) is 6.24. The number of hydrogen-bond donors (Lipinski definition) is 1. The molecule has 0 fully saturated rings. The molecule has 0 aliphatic heterocycles. The van der Waals surface area contributed by atoms with E-state index in [2.05, 4.69) is 19.8 Å². The van der Waals surface area contributed by atoms with Crippen molar-refractivity contribution in [2.45, 2.75) is 45.6 Å². The van der Waals surface area contributed by atoms with Crippen LogP contribution >= 0.6 is 0 Å². The van der Waals surface area contributed by atoms with Gasteiger partial charge in [-0.05, 0) is 25.2 Å². The van der Waals surface area contributed by atoms with Gasteiger partial charge in [-0.1, -0.05) is 13.8 Å². The summed E-state index contributed by atoms with van der Waals surface area (Å²) in [6.45, 7) is 4.43. The molecule has 0 rings (SSSR count). The van der Waals surface area contributed by atoms with Crippen LogP contribution in [-0.4, -0.2) is 6.04 Å². The van der Waals surface area contributed by atoms with Gasteiger partial charge in [0.2, 0.25) is 0 Å². The van der Waals surface area contributed by atoms with Crippen LogP contribution in [-0.2, 0) is 0 Å². The predicted molar refractivity (Wildman–Crippen MR) is 50.1 cm³/mol. The molecule has 1 nitrogen and oxygen atoms in total. The van der Waals surface area contributed by atoms with E-state index in [0.717, 1.165) is 25.2 Å². The van der Waals surface area contributed by atoms with Gasteiger partial charge in [-0.15, -0.1) is 12.3 Å². The molecular weight excluding hydrogens is 134 g/mol. The highest BCUT2D eigenvalue weighted by Gasteiger charge is 2.02. The average Bonchev–Trinajstić information content (AvgIpc) is 1.97. The van der Waals surface area contributed by atoms with Crippen molar-refractivity contribution in [3.05, 3.63) is 0 Å². The molecule has 1 heteroatoms. The molecule has 0 aliphatic carbocycles. The van der Waals surface area contributed by atoms with Crippen LogP contribution in [0.25, 0.3) is 0 Å². The lowest BCUT2D eigenvalue weighted by Crippen LogP contribution is -2.19. The van der Waals surface area contributed by atoms with E-state index < -0.39 is 0 Å². The monoisotopic (exact) mass is 153 g/mol. The van der Waals surface area contributed by atoms with Crippen LogP contribution in [0.5, 0.6) is 0 Å². The second-order valence-corrected chi connectivity index (χ2v) is 3.47. The molecular formula is C10H19N. The van der Waals surface area contributed by atoms with Crippen LogP contribution in [0.1, 0.15) is 39.5 Å². The first-order valence-corrected chi connectivity index (χ1v) is 4.36. The summed E-state index contributed by atoms with van der Waals surface area (Å²) in [5.74, 6) is 3.36. The summed E-state index contributed by atoms with van der Waals surface area (Å²) in [7, 11) is 0. The molecule has 0 radical (unpaired) electrons. The smallest absolute Gasteiger partial charge is 0.0101 e. The van der Waals surface area contributed by atoms with Crippen LogP contribution in [0, 0.1) is 18.3 Å². The highest BCUT2D eigenvalue weighted by atomic mass is 14.6. The number of nitrogens with two attached hydrogens (primary N) is 1. The Hall–Kier alpha value is -0.480. The van der Waals surface area contributed by atoms with Crippen molar-refractivity contribution in [2.24, 2.45) is 11.7 Å². The lowest BCUT2D eigenvalue weighted by atomic mass is 10.0. The minimum absolute atomic E-state index is 0.313. The Kier molecular flexibility index (Phi) is 5.97. The fourth-order valence-corrected chi connectivity index (χ4v) is 0.960. The van der Waals surface area contributed by atoms with Gasteiger partial charge in [0.1, 0.15) is 0 Å². The molecule has 0 saturated heterocycles. The second-order valence-electron chi connectivity index (χ2n) is 3.47. The van der Waals surface area contributed by atoms with Gasteiger partial charge in [-0.2, -0.15) is 0 Å². The summed E-state index contributed by atoms with van der Waals surface area (Å²) in [5, 5.41) is 0. The summed E-state index contributed by atoms with van der Waals surface area (Å²) >= 11 is 0. The summed E-state index contributed by atoms with van der Waals surface area (Å²) in [6, 6.07) is 0.313. The van der Waals surface area contributed by atoms with Gasteiger partial charge in [-0.25, -0.2) is 0 Å². The minimum atomic E-state index is 0.313. The first-order chi connectivity index (χ1) is 5.16. The molecule has 0 spiro atoms. The normalized spacial score (nSPS) is 13.0. The van der Waals surface area contributed by atoms with Crippen LogP contribution in [0.15, 0.2) is 0 Å². The molecule has 0 aromatic heterocycles. The maximum Gasteiger partial charge on any atom is 0.0101 e. The average molecular weight is 153 g/mol. The SMILES string of the molecule is C#CCCC(N)CCC(C)C. The molecule has 1 unspecified atom stereocenters. The van der Waals surface area contributed by atoms with Crippen molar-refractivity contribution in [3.8, 4) is 12.3 Å². The summed E-state index contributed by atoms with van der Waals surface area (Å²) in [5.41, 5.74) is 5.81. The highest BCUT2D eigenvalue weighted by Crippen LogP contribution is 2.08. The summed E-state index contributed by atoms with van der Waals surface area (Å²) in [6.07, 6.45) is 9.25. The van der Waals surface area contributed by atoms with Gasteiger partial charge < -0.3 is 5.73 Å². The molecule has 0 saturated carbocycles. The van der Waals surface area contributed by atoms with Gasteiger partial charge in [0.25, 0.3) is 0 Å². The van der Waals surface area contributed by atoms with E-state index in [1.165, 1.54) is 6.42 Å². The largest absolute Gasteiger partial charge is 0.328 e. The quantitative estimate of drug-likeness (QED) is 0.602. The Balaban J connectivity index is 3.23. The van der Waals surface area contributed by atoms with Crippen LogP contribution in [0.2, 0.25) is 0 Å². The first kappa shape index (κ1) is 10.5. The zero-order chi connectivity index (χ0) is 8.69. The maximum absolute atomic E-state index is 5.81. The van der Waals surface area contributed by atoms with E-state index in [1.807, 2.05) is 0 Å². The molecule has 0 bridgehead atoms. The molecule has 64 valence electrons. The minimum Gasteiger partial charge on any atom is -0.328 e. The van der Waals surface area contributed by atoms with Crippen molar-refractivity contribution >= 4 is 0 Å². The van der Waals surface area contributed by atoms with E-state index >= 15 is 0 Å². The molecule has 11 heavy (non-hydrogen) atoms. The van der Waals surface area contributed by atoms with Crippen molar-refractivity contribution in [3.63, 3.8) is 0 Å². The van der Waals surface area contributed by atoms with Gasteiger partial charge in [0, 0.05) is 12.5 Å². The fourth-order valence-electron chi connectivity index (χ4n) is 0.960. The summed E-state index contributed by atoms with van der Waals surface area (Å²) in [4.78, 5) is 0. The van der Waals surface area contributed by atoms with E-state index in [0.29, 0.717) is 6.04 Å². The number of terminal acetylenes is 1. The van der Waals surface area contributed by atoms with E-state index in [1.54, 1.807) is 0 Å². The van der Waals surface area contributed by atoms with Gasteiger partial charge in [-0.3, -0.25) is 0 Å². The molecule has 1 atom stereocenters. The van der Waals surface area contributed by atoms with E-state index in [4.69, 9.17) is 12.2 Å². The molecule has 0 amide bonds. The highest BCUT2D eigenvalue weighted by molar-refractivity contribution is 4.84. The first-order valence-electron chi connectivity index (χ1n) is 4.36. The van der Waals surface area contributed by atoms with Crippen molar-refractivity contribution in [2.75, 3.05) is 0 Å². The molecule has 0 aliphatic rings. The topological polar surface area (TPSA) is 26.0 Å². The third-order valence-corrected chi connectivity index (χ3v) is 1.77. The third-order valence-electron chi connectivity index (χ3n) is 1.77. The predicted octanol–water partition coefficient (Wildman–Crippen LogP) is 2.16. The zero-order valence-corrected chi connectivity index (χ0v) is 7.64. The third kappa shape index (κ3) is 7.42. The van der Waals surface area contributed by atoms with Crippen LogP contribution in [0.4, 0.5) is 0 Å². The van der Waals surface area contributed by atoms with E-state index in [-0.39, 0.29) is 0 Å². The number of rotatable bonds is 5. The Morgan fingerprint density at radius 2 is 1.91 bits per heavy atom. The van der Waals surface area contributed by atoms with Crippen molar-refractivity contribution in [1.29, 1.82) is 0 Å². The maximum atomic E-state index is 5.81. The molecule has 2 N–H and O–H groups in total. The Morgan fingerprint density at radius 3 is 2.36 bits per heavy atom. The molecule has 0 heterocycles. The number of hydrogen-bond acceptors (Lipinski definition) is 1. The Morgan fingerprint density at radius 1 is 1.27 bits per heavy atom.